The van der Waals surface area contributed by atoms with Gasteiger partial charge in [-0.1, -0.05) is 69.7 Å². The minimum atomic E-state index is -0.355. The molecule has 4 rings (SSSR count). The molecule has 0 aromatic heterocycles. The zero-order valence-electron chi connectivity index (χ0n) is 23.3. The number of unbranched alkanes of at least 4 members (excludes halogenated alkanes) is 6. The predicted octanol–water partition coefficient (Wildman–Crippen LogP) is 6.19. The molecule has 0 radical (unpaired) electrons. The quantitative estimate of drug-likeness (QED) is 0.116. The van der Waals surface area contributed by atoms with Crippen LogP contribution in [0.3, 0.4) is 0 Å². The van der Waals surface area contributed by atoms with Gasteiger partial charge in [-0.05, 0) is 49.5 Å². The van der Waals surface area contributed by atoms with Crippen molar-refractivity contribution in [1.29, 1.82) is 0 Å². The summed E-state index contributed by atoms with van der Waals surface area (Å²) in [6.45, 7) is 3.04. The number of carbonyl (C=O) groups excluding carboxylic acids is 4. The third-order valence-corrected chi connectivity index (χ3v) is 7.42. The number of likely N-dealkylation sites (N-methyl/N-ethyl adjacent to an activating group) is 1. The number of ketones is 1. The molecule has 39 heavy (non-hydrogen) atoms. The summed E-state index contributed by atoms with van der Waals surface area (Å²) in [5.41, 5.74) is 1.53. The molecule has 1 N–H and O–H groups in total. The molecule has 206 valence electrons. The fraction of sp³-hybridized carbons (Fsp3) is 0.438. The van der Waals surface area contributed by atoms with E-state index in [1.807, 2.05) is 43.3 Å². The summed E-state index contributed by atoms with van der Waals surface area (Å²) in [5.74, 6) is -1.03. The highest BCUT2D eigenvalue weighted by molar-refractivity contribution is 6.31. The van der Waals surface area contributed by atoms with Crippen LogP contribution in [0, 0.1) is 0 Å². The van der Waals surface area contributed by atoms with Crippen molar-refractivity contribution in [2.75, 3.05) is 32.5 Å². The molecule has 3 aromatic carbocycles. The van der Waals surface area contributed by atoms with Crippen LogP contribution in [-0.4, -0.2) is 60.5 Å². The van der Waals surface area contributed by atoms with Crippen molar-refractivity contribution < 1.29 is 19.2 Å². The van der Waals surface area contributed by atoms with Crippen LogP contribution in [0.15, 0.2) is 42.5 Å². The largest absolute Gasteiger partial charge is 0.325 e. The number of imide groups is 1. The van der Waals surface area contributed by atoms with Gasteiger partial charge in [-0.2, -0.15) is 0 Å². The second-order valence-electron chi connectivity index (χ2n) is 10.8. The maximum atomic E-state index is 13.7. The summed E-state index contributed by atoms with van der Waals surface area (Å²) in [6, 6.07) is 12.8. The van der Waals surface area contributed by atoms with E-state index >= 15 is 0 Å². The van der Waals surface area contributed by atoms with Crippen molar-refractivity contribution >= 4 is 50.7 Å². The number of amides is 3. The number of Topliss-reactive ketones (excluding diaryl/α,β-unsaturated/α-hetero) is 1. The van der Waals surface area contributed by atoms with Crippen LogP contribution in [0.1, 0.15) is 85.4 Å². The highest BCUT2D eigenvalue weighted by atomic mass is 16.2. The number of benzene rings is 3. The van der Waals surface area contributed by atoms with E-state index in [1.165, 1.54) is 30.6 Å². The summed E-state index contributed by atoms with van der Waals surface area (Å²) < 4.78 is 0. The molecule has 0 spiro atoms. The van der Waals surface area contributed by atoms with Gasteiger partial charge >= 0.3 is 0 Å². The Hall–Kier alpha value is -3.58. The molecule has 0 atom stereocenters. The first-order valence-corrected chi connectivity index (χ1v) is 14.1. The van der Waals surface area contributed by atoms with Gasteiger partial charge in [0.15, 0.2) is 0 Å². The minimum absolute atomic E-state index is 0.0586. The first-order valence-electron chi connectivity index (χ1n) is 14.1. The highest BCUT2D eigenvalue weighted by Crippen LogP contribution is 2.38. The van der Waals surface area contributed by atoms with Crippen molar-refractivity contribution in [3.8, 4) is 0 Å². The smallest absolute Gasteiger partial charge is 0.262 e. The second-order valence-corrected chi connectivity index (χ2v) is 10.8. The van der Waals surface area contributed by atoms with Crippen LogP contribution in [0.2, 0.25) is 0 Å². The van der Waals surface area contributed by atoms with Gasteiger partial charge in [0.05, 0.1) is 12.0 Å². The number of fused-ring (bicyclic) bond motifs is 2. The number of hydrogen-bond acceptors (Lipinski definition) is 5. The summed E-state index contributed by atoms with van der Waals surface area (Å²) >= 11 is 0. The standard InChI is InChI=1S/C32H39N3O4/c1-4-5-6-7-8-9-10-14-23(36)21-28(37)33-27-17-12-15-24-26(27)20-22-13-11-16-25-29(22)30(24)32(39)35(31(25)38)19-18-34(2)3/h11-13,15-17,20H,4-10,14,18-19,21H2,1-3H3,(H,33,37). The van der Waals surface area contributed by atoms with Crippen molar-refractivity contribution in [3.05, 3.63) is 53.6 Å². The number of hydrogen-bond donors (Lipinski definition) is 1. The average molecular weight is 530 g/mol. The first-order chi connectivity index (χ1) is 18.8. The van der Waals surface area contributed by atoms with E-state index in [0.717, 1.165) is 24.6 Å². The van der Waals surface area contributed by atoms with Crippen LogP contribution >= 0.6 is 0 Å². The summed E-state index contributed by atoms with van der Waals surface area (Å²) in [5, 5.41) is 5.70. The maximum absolute atomic E-state index is 13.7. The number of anilines is 1. The van der Waals surface area contributed by atoms with Crippen LogP contribution in [0.25, 0.3) is 21.5 Å². The normalized spacial score (nSPS) is 13.1. The summed E-state index contributed by atoms with van der Waals surface area (Å²) in [4.78, 5) is 55.4. The molecule has 7 nitrogen and oxygen atoms in total. The van der Waals surface area contributed by atoms with Gasteiger partial charge in [-0.25, -0.2) is 0 Å². The van der Waals surface area contributed by atoms with Crippen molar-refractivity contribution in [3.63, 3.8) is 0 Å². The monoisotopic (exact) mass is 529 g/mol. The first kappa shape index (κ1) is 28.4. The second kappa shape index (κ2) is 13.0. The lowest BCUT2D eigenvalue weighted by atomic mass is 9.89. The number of nitrogens with zero attached hydrogens (tertiary/aromatic N) is 2. The Labute approximate surface area is 230 Å². The van der Waals surface area contributed by atoms with E-state index < -0.39 is 0 Å². The molecular formula is C32H39N3O4. The van der Waals surface area contributed by atoms with Gasteiger partial charge in [0.2, 0.25) is 5.91 Å². The third kappa shape index (κ3) is 6.53. The fourth-order valence-corrected chi connectivity index (χ4v) is 5.32. The Morgan fingerprint density at radius 1 is 0.872 bits per heavy atom. The van der Waals surface area contributed by atoms with Gasteiger partial charge in [-0.3, -0.25) is 24.1 Å². The summed E-state index contributed by atoms with van der Waals surface area (Å²) in [6.07, 6.45) is 8.13. The molecule has 0 saturated heterocycles. The molecule has 7 heteroatoms. The molecular weight excluding hydrogens is 490 g/mol. The third-order valence-electron chi connectivity index (χ3n) is 7.42. The molecule has 0 saturated carbocycles. The zero-order chi connectivity index (χ0) is 27.9. The van der Waals surface area contributed by atoms with Crippen LogP contribution in [0.5, 0.6) is 0 Å². The Bertz CT molecular complexity index is 1400. The van der Waals surface area contributed by atoms with Crippen molar-refractivity contribution in [2.45, 2.75) is 64.7 Å². The Morgan fingerprint density at radius 3 is 2.33 bits per heavy atom. The lowest BCUT2D eigenvalue weighted by molar-refractivity contribution is -0.125. The van der Waals surface area contributed by atoms with E-state index in [1.54, 1.807) is 18.2 Å². The van der Waals surface area contributed by atoms with Crippen molar-refractivity contribution in [2.24, 2.45) is 0 Å². The number of nitrogens with one attached hydrogen (secondary N) is 1. The van der Waals surface area contributed by atoms with Gasteiger partial charge in [0, 0.05) is 41.5 Å². The average Bonchev–Trinajstić information content (AvgIpc) is 2.90. The van der Waals surface area contributed by atoms with Crippen LogP contribution < -0.4 is 5.32 Å². The molecule has 0 unspecified atom stereocenters. The SMILES string of the molecule is CCCCCCCCCC(=O)CC(=O)Nc1cccc2c3c4c(cccc4cc12)C(=O)N(CCN(C)C)C3=O. The molecule has 3 amide bonds. The lowest BCUT2D eigenvalue weighted by Crippen LogP contribution is -2.43. The van der Waals surface area contributed by atoms with E-state index in [4.69, 9.17) is 0 Å². The topological polar surface area (TPSA) is 86.8 Å². The lowest BCUT2D eigenvalue weighted by Gasteiger charge is -2.29. The Balaban J connectivity index is 1.53. The van der Waals surface area contributed by atoms with E-state index in [0.29, 0.717) is 45.9 Å². The van der Waals surface area contributed by atoms with Gasteiger partial charge < -0.3 is 10.2 Å². The predicted molar refractivity (Wildman–Crippen MR) is 156 cm³/mol. The molecule has 0 aliphatic carbocycles. The molecule has 0 bridgehead atoms. The Kier molecular flexibility index (Phi) is 9.46. The zero-order valence-corrected chi connectivity index (χ0v) is 23.3. The number of rotatable bonds is 14. The highest BCUT2D eigenvalue weighted by Gasteiger charge is 2.34. The van der Waals surface area contributed by atoms with Crippen LogP contribution in [-0.2, 0) is 9.59 Å². The fourth-order valence-electron chi connectivity index (χ4n) is 5.32. The maximum Gasteiger partial charge on any atom is 0.262 e. The van der Waals surface area contributed by atoms with Crippen LogP contribution in [0.4, 0.5) is 5.69 Å². The molecule has 3 aromatic rings. The van der Waals surface area contributed by atoms with Crippen molar-refractivity contribution in [1.82, 2.24) is 9.80 Å². The molecule has 1 heterocycles. The van der Waals surface area contributed by atoms with E-state index in [-0.39, 0.29) is 36.5 Å². The van der Waals surface area contributed by atoms with Gasteiger partial charge in [-0.15, -0.1) is 0 Å². The molecule has 0 fully saturated rings. The Morgan fingerprint density at radius 2 is 1.59 bits per heavy atom. The molecule has 1 aliphatic rings. The van der Waals surface area contributed by atoms with E-state index in [9.17, 15) is 19.2 Å². The van der Waals surface area contributed by atoms with E-state index in [2.05, 4.69) is 12.2 Å². The minimum Gasteiger partial charge on any atom is -0.325 e. The van der Waals surface area contributed by atoms with Gasteiger partial charge in [0.1, 0.15) is 5.78 Å². The summed E-state index contributed by atoms with van der Waals surface area (Å²) in [7, 11) is 3.80. The van der Waals surface area contributed by atoms with Gasteiger partial charge in [0.25, 0.3) is 11.8 Å². The number of carbonyl (C=O) groups is 4. The molecule has 1 aliphatic heterocycles.